The molecule has 132 valence electrons. The minimum atomic E-state index is -0.956. The fourth-order valence-electron chi connectivity index (χ4n) is 2.84. The van der Waals surface area contributed by atoms with Gasteiger partial charge in [0.15, 0.2) is 5.78 Å². The van der Waals surface area contributed by atoms with E-state index in [0.717, 1.165) is 23.5 Å². The predicted molar refractivity (Wildman–Crippen MR) is 101 cm³/mol. The van der Waals surface area contributed by atoms with Gasteiger partial charge in [-0.1, -0.05) is 30.8 Å². The number of ketones is 1. The first kappa shape index (κ1) is 18.3. The number of carbonyl (C=O) groups excluding carboxylic acids is 1. The molecule has 5 nitrogen and oxygen atoms in total. The number of rotatable bonds is 6. The van der Waals surface area contributed by atoms with Gasteiger partial charge in [0.1, 0.15) is 0 Å². The lowest BCUT2D eigenvalue weighted by molar-refractivity contribution is -0.134. The first-order chi connectivity index (χ1) is 12.4. The van der Waals surface area contributed by atoms with Crippen LogP contribution >= 0.6 is 23.5 Å². The number of aliphatic carboxylic acids is 2. The van der Waals surface area contributed by atoms with Gasteiger partial charge in [0.25, 0.3) is 0 Å². The molecular formula is C19H14O5S2. The van der Waals surface area contributed by atoms with E-state index < -0.39 is 11.9 Å². The fraction of sp³-hybridized carbons (Fsp3) is 0.105. The van der Waals surface area contributed by atoms with Gasteiger partial charge in [-0.15, -0.1) is 23.5 Å². The van der Waals surface area contributed by atoms with E-state index in [2.05, 4.69) is 6.58 Å². The zero-order valence-corrected chi connectivity index (χ0v) is 15.2. The van der Waals surface area contributed by atoms with Crippen molar-refractivity contribution in [1.29, 1.82) is 0 Å². The Morgan fingerprint density at radius 2 is 1.35 bits per heavy atom. The van der Waals surface area contributed by atoms with E-state index in [4.69, 9.17) is 10.2 Å². The molecule has 1 aliphatic carbocycles. The number of carboxylic acid groups (broad SMARTS) is 2. The van der Waals surface area contributed by atoms with E-state index in [-0.39, 0.29) is 17.3 Å². The Morgan fingerprint density at radius 3 is 1.88 bits per heavy atom. The van der Waals surface area contributed by atoms with E-state index in [9.17, 15) is 14.4 Å². The molecule has 7 heteroatoms. The van der Waals surface area contributed by atoms with Crippen LogP contribution in [-0.4, -0.2) is 39.4 Å². The minimum Gasteiger partial charge on any atom is -0.481 e. The van der Waals surface area contributed by atoms with Crippen LogP contribution in [0.25, 0.3) is 5.57 Å². The van der Waals surface area contributed by atoms with Crippen LogP contribution in [0.2, 0.25) is 0 Å². The van der Waals surface area contributed by atoms with Crippen molar-refractivity contribution in [3.8, 4) is 0 Å². The molecule has 0 saturated carbocycles. The van der Waals surface area contributed by atoms with Crippen molar-refractivity contribution in [1.82, 2.24) is 0 Å². The lowest BCUT2D eigenvalue weighted by Crippen LogP contribution is -2.16. The van der Waals surface area contributed by atoms with Gasteiger partial charge in [-0.3, -0.25) is 14.4 Å². The van der Waals surface area contributed by atoms with Crippen LogP contribution in [0.1, 0.15) is 27.0 Å². The average molecular weight is 386 g/mol. The van der Waals surface area contributed by atoms with Gasteiger partial charge in [0.05, 0.1) is 11.5 Å². The molecule has 0 fully saturated rings. The summed E-state index contributed by atoms with van der Waals surface area (Å²) in [5.41, 5.74) is 2.86. The molecule has 2 aromatic carbocycles. The summed E-state index contributed by atoms with van der Waals surface area (Å²) in [5.74, 6) is -2.35. The van der Waals surface area contributed by atoms with Crippen molar-refractivity contribution in [3.05, 3.63) is 65.2 Å². The molecule has 0 aliphatic heterocycles. The van der Waals surface area contributed by atoms with E-state index in [1.165, 1.54) is 0 Å². The summed E-state index contributed by atoms with van der Waals surface area (Å²) in [7, 11) is 0. The standard InChI is InChI=1S/C19H14O5S2/c1-10-11-4-2-7-14(26-9-16(22)23)18(11)19(24)12-5-3-6-13(17(10)12)25-8-15(20)21/h2-7H,1,8-9H2,(H,20,21)(H,22,23). The molecule has 0 unspecified atom stereocenters. The molecule has 2 aromatic rings. The molecule has 0 spiro atoms. The Kier molecular flexibility index (Phi) is 5.20. The van der Waals surface area contributed by atoms with Crippen LogP contribution in [-0.2, 0) is 9.59 Å². The number of carboxylic acids is 2. The van der Waals surface area contributed by atoms with Gasteiger partial charge >= 0.3 is 11.9 Å². The maximum absolute atomic E-state index is 13.1. The molecular weight excluding hydrogens is 372 g/mol. The van der Waals surface area contributed by atoms with Crippen LogP contribution < -0.4 is 0 Å². The highest BCUT2D eigenvalue weighted by atomic mass is 32.2. The molecule has 0 radical (unpaired) electrons. The zero-order valence-electron chi connectivity index (χ0n) is 13.5. The molecule has 0 bridgehead atoms. The summed E-state index contributed by atoms with van der Waals surface area (Å²) in [4.78, 5) is 36.2. The summed E-state index contributed by atoms with van der Waals surface area (Å²) < 4.78 is 0. The first-order valence-corrected chi connectivity index (χ1v) is 9.57. The second kappa shape index (κ2) is 7.39. The van der Waals surface area contributed by atoms with Gasteiger partial charge in [0, 0.05) is 26.5 Å². The molecule has 0 aromatic heterocycles. The van der Waals surface area contributed by atoms with Crippen molar-refractivity contribution < 1.29 is 24.6 Å². The van der Waals surface area contributed by atoms with Crippen molar-refractivity contribution in [3.63, 3.8) is 0 Å². The summed E-state index contributed by atoms with van der Waals surface area (Å²) in [6.07, 6.45) is 0. The van der Waals surface area contributed by atoms with Crippen molar-refractivity contribution in [2.75, 3.05) is 11.5 Å². The maximum atomic E-state index is 13.1. The summed E-state index contributed by atoms with van der Waals surface area (Å²) in [6, 6.07) is 10.5. The number of thioether (sulfide) groups is 2. The van der Waals surface area contributed by atoms with Gasteiger partial charge < -0.3 is 10.2 Å². The predicted octanol–water partition coefficient (Wildman–Crippen LogP) is 3.65. The Bertz CT molecular complexity index is 871. The highest BCUT2D eigenvalue weighted by Gasteiger charge is 2.30. The van der Waals surface area contributed by atoms with Crippen molar-refractivity contribution in [2.45, 2.75) is 9.79 Å². The van der Waals surface area contributed by atoms with Crippen LogP contribution in [0.3, 0.4) is 0 Å². The highest BCUT2D eigenvalue weighted by Crippen LogP contribution is 2.42. The summed E-state index contributed by atoms with van der Waals surface area (Å²) >= 11 is 2.24. The Balaban J connectivity index is 2.08. The zero-order chi connectivity index (χ0) is 18.8. The van der Waals surface area contributed by atoms with Crippen molar-refractivity contribution >= 4 is 46.8 Å². The fourth-order valence-corrected chi connectivity index (χ4v) is 4.47. The average Bonchev–Trinajstić information content (AvgIpc) is 2.62. The van der Waals surface area contributed by atoms with Gasteiger partial charge in [0.2, 0.25) is 0 Å². The van der Waals surface area contributed by atoms with Crippen LogP contribution in [0.5, 0.6) is 0 Å². The molecule has 1 aliphatic rings. The smallest absolute Gasteiger partial charge is 0.313 e. The number of benzene rings is 2. The van der Waals surface area contributed by atoms with E-state index in [1.54, 1.807) is 36.4 Å². The molecule has 3 rings (SSSR count). The lowest BCUT2D eigenvalue weighted by atomic mass is 9.82. The van der Waals surface area contributed by atoms with E-state index in [0.29, 0.717) is 37.6 Å². The second-order valence-corrected chi connectivity index (χ2v) is 7.56. The third-order valence-electron chi connectivity index (χ3n) is 3.85. The Labute approximate surface area is 158 Å². The highest BCUT2D eigenvalue weighted by molar-refractivity contribution is 8.00. The van der Waals surface area contributed by atoms with Gasteiger partial charge in [-0.25, -0.2) is 0 Å². The maximum Gasteiger partial charge on any atom is 0.313 e. The van der Waals surface area contributed by atoms with Gasteiger partial charge in [-0.05, 0) is 23.3 Å². The summed E-state index contributed by atoms with van der Waals surface area (Å²) in [6.45, 7) is 4.12. The van der Waals surface area contributed by atoms with E-state index >= 15 is 0 Å². The van der Waals surface area contributed by atoms with Crippen LogP contribution in [0.15, 0.2) is 52.8 Å². The topological polar surface area (TPSA) is 91.7 Å². The third-order valence-corrected chi connectivity index (χ3v) is 5.94. The van der Waals surface area contributed by atoms with Crippen molar-refractivity contribution in [2.24, 2.45) is 0 Å². The Hall–Kier alpha value is -2.51. The SMILES string of the molecule is C=C1c2cccc(SCC(=O)O)c2C(=O)c2cccc(SCC(=O)O)c21. The normalized spacial score (nSPS) is 12.5. The summed E-state index contributed by atoms with van der Waals surface area (Å²) in [5, 5.41) is 17.9. The Morgan fingerprint density at radius 1 is 0.846 bits per heavy atom. The van der Waals surface area contributed by atoms with Crippen LogP contribution in [0.4, 0.5) is 0 Å². The van der Waals surface area contributed by atoms with E-state index in [1.807, 2.05) is 0 Å². The first-order valence-electron chi connectivity index (χ1n) is 7.59. The lowest BCUT2D eigenvalue weighted by Gasteiger charge is -2.24. The second-order valence-electron chi connectivity index (χ2n) is 5.53. The largest absolute Gasteiger partial charge is 0.481 e. The molecule has 0 heterocycles. The molecule has 0 amide bonds. The molecule has 2 N–H and O–H groups in total. The monoisotopic (exact) mass is 386 g/mol. The number of carbonyl (C=O) groups is 3. The van der Waals surface area contributed by atoms with Crippen LogP contribution in [0, 0.1) is 0 Å². The van der Waals surface area contributed by atoms with Gasteiger partial charge in [-0.2, -0.15) is 0 Å². The number of fused-ring (bicyclic) bond motifs is 2. The third kappa shape index (κ3) is 3.40. The number of hydrogen-bond donors (Lipinski definition) is 2. The minimum absolute atomic E-state index is 0.112. The molecule has 0 saturated heterocycles. The quantitative estimate of drug-likeness (QED) is 0.625. The number of hydrogen-bond acceptors (Lipinski definition) is 5. The molecule has 26 heavy (non-hydrogen) atoms. The molecule has 0 atom stereocenters.